The number of nitrogens with zero attached hydrogens (tertiary/aromatic N) is 5. The second kappa shape index (κ2) is 15.1. The lowest BCUT2D eigenvalue weighted by molar-refractivity contribution is 0.606. The van der Waals surface area contributed by atoms with Crippen molar-refractivity contribution in [2.75, 3.05) is 9.80 Å². The summed E-state index contributed by atoms with van der Waals surface area (Å²) in [4.78, 5) is 19.0. The third-order valence-corrected chi connectivity index (χ3v) is 14.7. The van der Waals surface area contributed by atoms with Crippen LogP contribution in [0.2, 0.25) is 0 Å². The average Bonchev–Trinajstić information content (AvgIpc) is 3.38. The lowest BCUT2D eigenvalue weighted by atomic mass is 9.48. The number of rotatable bonds is 4. The van der Waals surface area contributed by atoms with Crippen molar-refractivity contribution in [3.63, 3.8) is 0 Å². The summed E-state index contributed by atoms with van der Waals surface area (Å²) in [5, 5.41) is 0. The second-order valence-electron chi connectivity index (χ2n) is 18.7. The Bertz CT molecular complexity index is 3420. The summed E-state index contributed by atoms with van der Waals surface area (Å²) in [6.45, 7) is 8.95. The van der Waals surface area contributed by atoms with Crippen molar-refractivity contribution in [1.29, 1.82) is 0 Å². The zero-order valence-electron chi connectivity index (χ0n) is 38.4. The minimum absolute atomic E-state index is 0.665. The Labute approximate surface area is 397 Å². The molecule has 7 aromatic carbocycles. The molecule has 324 valence electrons. The monoisotopic (exact) mass is 873 g/mol. The third-order valence-electron chi connectivity index (χ3n) is 14.7. The van der Waals surface area contributed by atoms with Gasteiger partial charge in [-0.25, -0.2) is 4.98 Å². The van der Waals surface area contributed by atoms with Gasteiger partial charge in [-0.2, -0.15) is 0 Å². The molecule has 0 amide bonds. The first-order valence-electron chi connectivity index (χ1n) is 23.5. The summed E-state index contributed by atoms with van der Waals surface area (Å²) >= 11 is 0. The molecule has 0 fully saturated rings. The molecule has 2 spiro atoms. The van der Waals surface area contributed by atoms with Gasteiger partial charge in [0.2, 0.25) is 0 Å². The number of para-hydroxylation sites is 1. The Morgan fingerprint density at radius 1 is 0.309 bits per heavy atom. The van der Waals surface area contributed by atoms with Crippen LogP contribution in [0.15, 0.2) is 213 Å². The molecule has 13 rings (SSSR count). The zero-order valence-corrected chi connectivity index (χ0v) is 38.4. The molecule has 5 heterocycles. The second-order valence-corrected chi connectivity index (χ2v) is 18.7. The third kappa shape index (κ3) is 5.59. The molecule has 0 unspecified atom stereocenters. The van der Waals surface area contributed by atoms with E-state index in [1.807, 2.05) is 49.1 Å². The van der Waals surface area contributed by atoms with Crippen LogP contribution in [0.25, 0.3) is 22.5 Å². The highest BCUT2D eigenvalue weighted by Gasteiger charge is 2.59. The maximum absolute atomic E-state index is 5.29. The Hall–Kier alpha value is -8.41. The molecule has 0 radical (unpaired) electrons. The van der Waals surface area contributed by atoms with Crippen molar-refractivity contribution in [2.24, 2.45) is 0 Å². The summed E-state index contributed by atoms with van der Waals surface area (Å²) < 4.78 is 0. The van der Waals surface area contributed by atoms with E-state index < -0.39 is 10.8 Å². The van der Waals surface area contributed by atoms with E-state index in [9.17, 15) is 0 Å². The van der Waals surface area contributed by atoms with Gasteiger partial charge in [0.05, 0.1) is 50.7 Å². The van der Waals surface area contributed by atoms with Crippen LogP contribution in [0, 0.1) is 27.7 Å². The molecule has 0 bridgehead atoms. The molecule has 5 heteroatoms. The normalized spacial score (nSPS) is 14.4. The Morgan fingerprint density at radius 3 is 0.985 bits per heavy atom. The number of aromatic nitrogens is 3. The van der Waals surface area contributed by atoms with Crippen LogP contribution < -0.4 is 9.80 Å². The van der Waals surface area contributed by atoms with Crippen molar-refractivity contribution in [3.05, 3.63) is 280 Å². The quantitative estimate of drug-likeness (QED) is 0.176. The van der Waals surface area contributed by atoms with Gasteiger partial charge < -0.3 is 9.80 Å². The first-order valence-corrected chi connectivity index (χ1v) is 23.5. The first-order chi connectivity index (χ1) is 33.3. The van der Waals surface area contributed by atoms with Crippen LogP contribution in [-0.2, 0) is 10.8 Å². The maximum atomic E-state index is 5.29. The predicted molar refractivity (Wildman–Crippen MR) is 276 cm³/mol. The minimum atomic E-state index is -0.711. The highest BCUT2D eigenvalue weighted by molar-refractivity contribution is 5.96. The van der Waals surface area contributed by atoms with Crippen molar-refractivity contribution < 1.29 is 0 Å². The van der Waals surface area contributed by atoms with E-state index >= 15 is 0 Å². The number of fused-ring (bicyclic) bond motifs is 14. The van der Waals surface area contributed by atoms with E-state index in [1.54, 1.807) is 0 Å². The number of hydrogen-bond acceptors (Lipinski definition) is 5. The molecule has 1 aliphatic carbocycles. The van der Waals surface area contributed by atoms with Crippen LogP contribution in [-0.4, -0.2) is 15.0 Å². The smallest absolute Gasteiger partial charge is 0.0748 e. The molecule has 3 aliphatic rings. The van der Waals surface area contributed by atoms with E-state index in [0.29, 0.717) is 0 Å². The summed E-state index contributed by atoms with van der Waals surface area (Å²) in [6, 6.07) is 70.6. The largest absolute Gasteiger partial charge is 0.310 e. The average molecular weight is 874 g/mol. The minimum Gasteiger partial charge on any atom is -0.310 e. The SMILES string of the molecule is Cc1ccc2c(c1)C1(c3cc(C)ccc3N2c2ccccc2)c2ccccc2C2(c3cc(C)ccc3N(c3cc(-c4ccncc4)nc(-c4ccncc4)c3)c3ccc(C)cc32)c2ccccc21. The van der Waals surface area contributed by atoms with Crippen LogP contribution in [0.3, 0.4) is 0 Å². The van der Waals surface area contributed by atoms with Gasteiger partial charge in [0, 0.05) is 41.6 Å². The van der Waals surface area contributed by atoms with Crippen LogP contribution >= 0.6 is 0 Å². The molecule has 68 heavy (non-hydrogen) atoms. The molecular formula is C63H47N5. The van der Waals surface area contributed by atoms with Gasteiger partial charge in [0.25, 0.3) is 0 Å². The number of benzene rings is 7. The Kier molecular flexibility index (Phi) is 8.84. The van der Waals surface area contributed by atoms with Crippen molar-refractivity contribution in [1.82, 2.24) is 15.0 Å². The van der Waals surface area contributed by atoms with Gasteiger partial charge in [-0.3, -0.25) is 9.97 Å². The summed E-state index contributed by atoms with van der Waals surface area (Å²) in [6.07, 6.45) is 7.36. The number of aryl methyl sites for hydroxylation is 4. The molecule has 0 atom stereocenters. The lowest BCUT2D eigenvalue weighted by Crippen LogP contribution is -2.49. The standard InChI is InChI=1S/C63H47N5/c1-40-18-22-58-52(34-40)62(53-35-41(2)19-23-59(53)67(58)46-12-6-5-7-13-46)48-14-8-10-16-50(48)63(51-17-11-9-15-49(51)62)54-36-42(3)20-24-60(54)68(61-25-21-43(4)37-55(61)63)47-38-56(44-26-30-64-31-27-44)66-57(39-47)45-28-32-65-33-29-45/h5-39H,1-4H3. The fourth-order valence-electron chi connectivity index (χ4n) is 12.0. The molecule has 2 aliphatic heterocycles. The molecule has 0 N–H and O–H groups in total. The summed E-state index contributed by atoms with van der Waals surface area (Å²) in [5.74, 6) is 0. The lowest BCUT2D eigenvalue weighted by Gasteiger charge is -2.56. The van der Waals surface area contributed by atoms with E-state index in [2.05, 4.69) is 211 Å². The maximum Gasteiger partial charge on any atom is 0.0748 e. The number of hydrogen-bond donors (Lipinski definition) is 0. The van der Waals surface area contributed by atoms with Gasteiger partial charge in [-0.15, -0.1) is 0 Å². The highest BCUT2D eigenvalue weighted by Crippen LogP contribution is 2.68. The van der Waals surface area contributed by atoms with Gasteiger partial charge in [-0.1, -0.05) is 138 Å². The Morgan fingerprint density at radius 2 is 0.632 bits per heavy atom. The van der Waals surface area contributed by atoms with Crippen molar-refractivity contribution in [2.45, 2.75) is 38.5 Å². The van der Waals surface area contributed by atoms with Gasteiger partial charge in [0.1, 0.15) is 0 Å². The highest BCUT2D eigenvalue weighted by atomic mass is 15.2. The zero-order chi connectivity index (χ0) is 45.7. The fraction of sp³-hybridized carbons (Fsp3) is 0.0952. The molecule has 0 saturated heterocycles. The molecule has 5 nitrogen and oxygen atoms in total. The Balaban J connectivity index is 1.15. The molecule has 0 saturated carbocycles. The van der Waals surface area contributed by atoms with E-state index in [4.69, 9.17) is 4.98 Å². The van der Waals surface area contributed by atoms with E-state index in [0.717, 1.165) is 45.3 Å². The molecular weight excluding hydrogens is 827 g/mol. The van der Waals surface area contributed by atoms with Gasteiger partial charge >= 0.3 is 0 Å². The van der Waals surface area contributed by atoms with Crippen molar-refractivity contribution >= 4 is 34.1 Å². The number of pyridine rings is 3. The van der Waals surface area contributed by atoms with E-state index in [-0.39, 0.29) is 0 Å². The van der Waals surface area contributed by atoms with Crippen LogP contribution in [0.4, 0.5) is 34.1 Å². The predicted octanol–water partition coefficient (Wildman–Crippen LogP) is 15.1. The number of anilines is 6. The summed E-state index contributed by atoms with van der Waals surface area (Å²) in [7, 11) is 0. The van der Waals surface area contributed by atoms with Crippen LogP contribution in [0.5, 0.6) is 0 Å². The molecule has 10 aromatic rings. The van der Waals surface area contributed by atoms with Crippen LogP contribution in [0.1, 0.15) is 66.8 Å². The summed E-state index contributed by atoms with van der Waals surface area (Å²) in [5.41, 5.74) is 24.3. The van der Waals surface area contributed by atoms with E-state index in [1.165, 1.54) is 78.1 Å². The van der Waals surface area contributed by atoms with Gasteiger partial charge in [0.15, 0.2) is 0 Å². The fourth-order valence-corrected chi connectivity index (χ4v) is 12.0. The van der Waals surface area contributed by atoms with Gasteiger partial charge in [-0.05, 0) is 145 Å². The molecule has 3 aromatic heterocycles. The van der Waals surface area contributed by atoms with Crippen molar-refractivity contribution in [3.8, 4) is 22.5 Å². The topological polar surface area (TPSA) is 45.2 Å². The first kappa shape index (κ1) is 39.9.